The number of rotatable bonds is 2. The lowest BCUT2D eigenvalue weighted by Crippen LogP contribution is -3.61. The lowest BCUT2D eigenvalue weighted by atomic mass is 10.1. The Morgan fingerprint density at radius 3 is 2.47 bits per heavy atom. The van der Waals surface area contributed by atoms with E-state index in [0.29, 0.717) is 5.75 Å². The van der Waals surface area contributed by atoms with Gasteiger partial charge in [-0.1, -0.05) is 12.1 Å². The smallest absolute Gasteiger partial charge is 0.422 e. The van der Waals surface area contributed by atoms with Crippen LogP contribution in [0.5, 0.6) is 5.75 Å². The normalized spacial score (nSPS) is 13.0. The topological polar surface area (TPSA) is 9.23 Å². The predicted octanol–water partition coefficient (Wildman–Crippen LogP) is 0.736. The molecule has 3 rings (SSSR count). The Labute approximate surface area is 118 Å². The van der Waals surface area contributed by atoms with Crippen LogP contribution in [0.4, 0.5) is 13.2 Å². The second-order valence-corrected chi connectivity index (χ2v) is 6.98. The minimum Gasteiger partial charge on any atom is -0.484 e. The van der Waals surface area contributed by atoms with Crippen LogP contribution >= 0.6 is 0 Å². The monoisotopic (exact) mass is 377 g/mol. The van der Waals surface area contributed by atoms with E-state index in [1.54, 1.807) is 12.1 Å². The summed E-state index contributed by atoms with van der Waals surface area (Å²) in [5, 5.41) is 0. The highest BCUT2D eigenvalue weighted by Gasteiger charge is 2.34. The van der Waals surface area contributed by atoms with Gasteiger partial charge in [0, 0.05) is 17.2 Å². The van der Waals surface area contributed by atoms with Gasteiger partial charge in [0.15, 0.2) is 6.61 Å². The Morgan fingerprint density at radius 1 is 0.947 bits per heavy atom. The van der Waals surface area contributed by atoms with E-state index in [1.807, 2.05) is 18.2 Å². The van der Waals surface area contributed by atoms with Gasteiger partial charge in [0.1, 0.15) is 5.75 Å². The zero-order valence-electron chi connectivity index (χ0n) is 9.67. The van der Waals surface area contributed by atoms with Crippen LogP contribution in [0.1, 0.15) is 0 Å². The summed E-state index contributed by atoms with van der Waals surface area (Å²) in [4.78, 5) is 0. The number of benzene rings is 2. The van der Waals surface area contributed by atoms with Gasteiger partial charge in [0.2, 0.25) is 7.14 Å². The summed E-state index contributed by atoms with van der Waals surface area (Å²) in [6.07, 6.45) is -4.29. The molecule has 0 amide bonds. The average molecular weight is 377 g/mol. The maximum absolute atomic E-state index is 12.1. The predicted molar refractivity (Wildman–Crippen MR) is 60.8 cm³/mol. The molecule has 0 spiro atoms. The summed E-state index contributed by atoms with van der Waals surface area (Å²) in [6.45, 7) is -1.24. The van der Waals surface area contributed by atoms with E-state index in [-0.39, 0.29) is 21.2 Å². The lowest BCUT2D eigenvalue weighted by Gasteiger charge is -2.08. The van der Waals surface area contributed by atoms with Gasteiger partial charge in [0.25, 0.3) is 0 Å². The molecule has 1 aliphatic rings. The molecule has 0 fully saturated rings. The third kappa shape index (κ3) is 2.70. The highest BCUT2D eigenvalue weighted by molar-refractivity contribution is 5.65. The molecule has 1 nitrogen and oxygen atoms in total. The van der Waals surface area contributed by atoms with Gasteiger partial charge < -0.3 is 4.74 Å². The highest BCUT2D eigenvalue weighted by Crippen LogP contribution is 2.26. The van der Waals surface area contributed by atoms with Crippen molar-refractivity contribution in [2.45, 2.75) is 6.18 Å². The molecule has 0 aromatic heterocycles. The zero-order chi connectivity index (χ0) is 13.5. The minimum atomic E-state index is -4.29. The molecule has 2 aromatic rings. The molecular weight excluding hydrogens is 368 g/mol. The Balaban J connectivity index is 1.85. The van der Waals surface area contributed by atoms with Gasteiger partial charge in [-0.05, 0) is 24.3 Å². The largest absolute Gasteiger partial charge is 0.484 e. The molecule has 0 saturated heterocycles. The van der Waals surface area contributed by atoms with E-state index in [4.69, 9.17) is 4.74 Å². The molecular formula is C14H9F3IO+. The zero-order valence-corrected chi connectivity index (χ0v) is 11.8. The minimum absolute atomic E-state index is 0.295. The van der Waals surface area contributed by atoms with Crippen molar-refractivity contribution in [3.05, 3.63) is 49.6 Å². The van der Waals surface area contributed by atoms with Crippen molar-refractivity contribution >= 4 is 0 Å². The molecule has 0 atom stereocenters. The quantitative estimate of drug-likeness (QED) is 0.599. The van der Waals surface area contributed by atoms with Crippen molar-refractivity contribution in [2.24, 2.45) is 0 Å². The van der Waals surface area contributed by atoms with E-state index in [9.17, 15) is 13.2 Å². The maximum Gasteiger partial charge on any atom is 0.422 e. The van der Waals surface area contributed by atoms with Crippen LogP contribution in [-0.4, -0.2) is 12.8 Å². The van der Waals surface area contributed by atoms with Gasteiger partial charge in [-0.3, -0.25) is 0 Å². The molecule has 0 bridgehead atoms. The van der Waals surface area contributed by atoms with E-state index >= 15 is 0 Å². The summed E-state index contributed by atoms with van der Waals surface area (Å²) >= 11 is -0.315. The summed E-state index contributed by atoms with van der Waals surface area (Å²) in [7, 11) is 0. The number of alkyl halides is 3. The van der Waals surface area contributed by atoms with Crippen LogP contribution in [0, 0.1) is 7.14 Å². The second kappa shape index (κ2) is 4.70. The Kier molecular flexibility index (Phi) is 3.16. The molecule has 2 aromatic carbocycles. The van der Waals surface area contributed by atoms with Gasteiger partial charge >= 0.3 is 27.4 Å². The van der Waals surface area contributed by atoms with Crippen LogP contribution in [0.15, 0.2) is 42.5 Å². The lowest BCUT2D eigenvalue weighted by molar-refractivity contribution is -0.589. The Hall–Kier alpha value is -1.24. The third-order valence-electron chi connectivity index (χ3n) is 2.71. The number of hydrogen-bond donors (Lipinski definition) is 0. The van der Waals surface area contributed by atoms with Gasteiger partial charge in [-0.25, -0.2) is 0 Å². The average Bonchev–Trinajstić information content (AvgIpc) is 2.73. The van der Waals surface area contributed by atoms with Crippen LogP contribution in [-0.2, 0) is 0 Å². The van der Waals surface area contributed by atoms with Crippen molar-refractivity contribution in [3.63, 3.8) is 0 Å². The standard InChI is InChI=1S/C14H9F3IO/c15-14(16,17)8-19-9-5-6-11-10-3-1-2-4-12(10)18-13(11)7-9/h1-7H,8H2/q+1. The highest BCUT2D eigenvalue weighted by atomic mass is 127. The molecule has 1 heterocycles. The molecule has 19 heavy (non-hydrogen) atoms. The fourth-order valence-electron chi connectivity index (χ4n) is 1.92. The first-order valence-corrected chi connectivity index (χ1v) is 7.76. The van der Waals surface area contributed by atoms with Crippen molar-refractivity contribution in [1.29, 1.82) is 0 Å². The maximum atomic E-state index is 12.1. The first-order chi connectivity index (χ1) is 9.03. The molecule has 0 radical (unpaired) electrons. The van der Waals surface area contributed by atoms with Gasteiger partial charge in [0.05, 0.1) is 0 Å². The van der Waals surface area contributed by atoms with Gasteiger partial charge in [-0.15, -0.1) is 0 Å². The van der Waals surface area contributed by atoms with Crippen LogP contribution < -0.4 is 25.9 Å². The summed E-state index contributed by atoms with van der Waals surface area (Å²) in [6, 6.07) is 13.3. The molecule has 0 N–H and O–H groups in total. The first-order valence-electron chi connectivity index (χ1n) is 5.61. The van der Waals surface area contributed by atoms with E-state index < -0.39 is 12.8 Å². The second-order valence-electron chi connectivity index (χ2n) is 4.12. The molecule has 98 valence electrons. The van der Waals surface area contributed by atoms with Crippen LogP contribution in [0.25, 0.3) is 11.1 Å². The van der Waals surface area contributed by atoms with E-state index in [0.717, 1.165) is 9.13 Å². The fraction of sp³-hybridized carbons (Fsp3) is 0.143. The summed E-state index contributed by atoms with van der Waals surface area (Å²) < 4.78 is 43.6. The first kappa shape index (κ1) is 12.8. The van der Waals surface area contributed by atoms with E-state index in [2.05, 4.69) is 12.1 Å². The third-order valence-corrected chi connectivity index (χ3v) is 5.71. The van der Waals surface area contributed by atoms with Crippen molar-refractivity contribution in [3.8, 4) is 16.9 Å². The number of ether oxygens (including phenoxy) is 1. The van der Waals surface area contributed by atoms with Crippen LogP contribution in [0.2, 0.25) is 0 Å². The summed E-state index contributed by atoms with van der Waals surface area (Å²) in [5.41, 5.74) is 2.33. The summed E-state index contributed by atoms with van der Waals surface area (Å²) in [5.74, 6) is 0.295. The SMILES string of the molecule is FC(F)(F)COc1ccc2c(c1)[I+]c1ccccc1-2. The molecule has 0 aliphatic carbocycles. The molecule has 5 heteroatoms. The van der Waals surface area contributed by atoms with Crippen LogP contribution in [0.3, 0.4) is 0 Å². The van der Waals surface area contributed by atoms with Crippen molar-refractivity contribution in [2.75, 3.05) is 6.61 Å². The number of hydrogen-bond acceptors (Lipinski definition) is 1. The fourth-order valence-corrected chi connectivity index (χ4v) is 4.92. The van der Waals surface area contributed by atoms with Gasteiger partial charge in [-0.2, -0.15) is 13.2 Å². The van der Waals surface area contributed by atoms with E-state index in [1.165, 1.54) is 9.13 Å². The van der Waals surface area contributed by atoms with Crippen molar-refractivity contribution in [1.82, 2.24) is 0 Å². The number of fused-ring (bicyclic) bond motifs is 3. The van der Waals surface area contributed by atoms with Crippen molar-refractivity contribution < 1.29 is 39.1 Å². The molecule has 0 saturated carbocycles. The Bertz CT molecular complexity index is 622. The molecule has 0 unspecified atom stereocenters. The molecule has 1 aliphatic heterocycles. The Morgan fingerprint density at radius 2 is 1.68 bits per heavy atom. The number of halogens is 4.